The first kappa shape index (κ1) is 12.0. The highest BCUT2D eigenvalue weighted by atomic mass is 32.2. The molecule has 5 nitrogen and oxygen atoms in total. The molecule has 1 rings (SSSR count). The number of H-pyrrole nitrogens is 1. The average molecular weight is 205 g/mol. The lowest BCUT2D eigenvalue weighted by Crippen LogP contribution is -2.07. The zero-order valence-corrected chi connectivity index (χ0v) is 7.70. The molecule has 0 aliphatic carbocycles. The Morgan fingerprint density at radius 2 is 1.77 bits per heavy atom. The standard InChI is InChI=1S/C5H5N.C2H6O4S/c1-2-4-6-5-3-1;3-1-2-7(4,5)6/h1-5H;3H,1-2H2,(H,4,5,6). The quantitative estimate of drug-likeness (QED) is 0.628. The predicted molar refractivity (Wildman–Crippen MR) is 44.6 cm³/mol. The molecule has 0 spiro atoms. The van der Waals surface area contributed by atoms with Gasteiger partial charge in [-0.15, -0.1) is 0 Å². The second kappa shape index (κ2) is 6.53. The summed E-state index contributed by atoms with van der Waals surface area (Å²) < 4.78 is 28.5. The Labute approximate surface area is 76.8 Å². The third kappa shape index (κ3) is 11.0. The highest BCUT2D eigenvalue weighted by Crippen LogP contribution is 1.75. The summed E-state index contributed by atoms with van der Waals surface area (Å²) >= 11 is 0. The Bertz CT molecular complexity index is 271. The van der Waals surface area contributed by atoms with Crippen molar-refractivity contribution in [3.05, 3.63) is 30.6 Å². The maximum atomic E-state index is 9.52. The monoisotopic (exact) mass is 205 g/mol. The van der Waals surface area contributed by atoms with Crippen molar-refractivity contribution in [2.75, 3.05) is 12.4 Å². The van der Waals surface area contributed by atoms with Crippen molar-refractivity contribution < 1.29 is 23.1 Å². The molecule has 0 bridgehead atoms. The third-order valence-electron chi connectivity index (χ3n) is 0.948. The van der Waals surface area contributed by atoms with Crippen molar-refractivity contribution in [2.24, 2.45) is 0 Å². The first-order valence-corrected chi connectivity index (χ1v) is 5.09. The molecular weight excluding hydrogens is 194 g/mol. The smallest absolute Gasteiger partial charge is 0.166 e. The molecule has 0 fully saturated rings. The molecule has 2 N–H and O–H groups in total. The van der Waals surface area contributed by atoms with Crippen LogP contribution in [0, 0.1) is 0 Å². The molecule has 0 atom stereocenters. The van der Waals surface area contributed by atoms with Gasteiger partial charge in [0.15, 0.2) is 12.4 Å². The molecule has 13 heavy (non-hydrogen) atoms. The summed E-state index contributed by atoms with van der Waals surface area (Å²) in [6.45, 7) is -0.591. The van der Waals surface area contributed by atoms with Gasteiger partial charge in [-0.3, -0.25) is 0 Å². The van der Waals surface area contributed by atoms with E-state index in [9.17, 15) is 13.0 Å². The fourth-order valence-corrected chi connectivity index (χ4v) is 0.677. The van der Waals surface area contributed by atoms with E-state index in [0.29, 0.717) is 0 Å². The number of hydrogen-bond acceptors (Lipinski definition) is 4. The van der Waals surface area contributed by atoms with E-state index in [0.717, 1.165) is 0 Å². The molecule has 0 aliphatic rings. The number of hydrogen-bond donors (Lipinski definition) is 1. The Morgan fingerprint density at radius 1 is 1.23 bits per heavy atom. The van der Waals surface area contributed by atoms with Crippen LogP contribution >= 0.6 is 0 Å². The van der Waals surface area contributed by atoms with E-state index in [1.165, 1.54) is 0 Å². The van der Waals surface area contributed by atoms with Crippen molar-refractivity contribution in [1.82, 2.24) is 0 Å². The van der Waals surface area contributed by atoms with Gasteiger partial charge >= 0.3 is 0 Å². The van der Waals surface area contributed by atoms with Crippen LogP contribution < -0.4 is 4.98 Å². The van der Waals surface area contributed by atoms with Gasteiger partial charge in [0.1, 0.15) is 0 Å². The Balaban J connectivity index is 0.000000223. The first-order valence-electron chi connectivity index (χ1n) is 3.52. The van der Waals surface area contributed by atoms with Crippen LogP contribution in [-0.2, 0) is 10.1 Å². The number of aliphatic hydroxyl groups excluding tert-OH is 1. The van der Waals surface area contributed by atoms with E-state index in [1.54, 1.807) is 0 Å². The minimum atomic E-state index is -4.17. The summed E-state index contributed by atoms with van der Waals surface area (Å²) in [4.78, 5) is 2.89. The second-order valence-corrected chi connectivity index (χ2v) is 3.59. The maximum Gasteiger partial charge on any atom is 0.166 e. The SMILES string of the molecule is O=S(=O)([O-])CCO.c1cc[nH+]cc1. The summed E-state index contributed by atoms with van der Waals surface area (Å²) in [5.74, 6) is -0.688. The molecular formula is C7H11NO4S. The Morgan fingerprint density at radius 3 is 1.85 bits per heavy atom. The van der Waals surface area contributed by atoms with E-state index in [2.05, 4.69) is 4.98 Å². The fourth-order valence-electron chi connectivity index (χ4n) is 0.454. The minimum Gasteiger partial charge on any atom is -0.748 e. The van der Waals surface area contributed by atoms with E-state index in [4.69, 9.17) is 5.11 Å². The zero-order valence-electron chi connectivity index (χ0n) is 6.88. The van der Waals surface area contributed by atoms with Gasteiger partial charge in [-0.25, -0.2) is 13.4 Å². The van der Waals surface area contributed by atoms with Crippen molar-refractivity contribution in [2.45, 2.75) is 0 Å². The molecule has 0 aliphatic heterocycles. The molecule has 0 amide bonds. The topological polar surface area (TPSA) is 91.6 Å². The van der Waals surface area contributed by atoms with E-state index in [1.807, 2.05) is 30.6 Å². The van der Waals surface area contributed by atoms with Gasteiger partial charge in [0.25, 0.3) is 0 Å². The molecule has 0 saturated carbocycles. The van der Waals surface area contributed by atoms with Crippen LogP contribution in [0.25, 0.3) is 0 Å². The van der Waals surface area contributed by atoms with Gasteiger partial charge < -0.3 is 9.66 Å². The summed E-state index contributed by atoms with van der Waals surface area (Å²) in [6.07, 6.45) is 3.75. The van der Waals surface area contributed by atoms with Gasteiger partial charge in [0, 0.05) is 12.1 Å². The maximum absolute atomic E-state index is 9.52. The van der Waals surface area contributed by atoms with Crippen molar-refractivity contribution in [3.63, 3.8) is 0 Å². The van der Waals surface area contributed by atoms with Gasteiger partial charge in [-0.1, -0.05) is 6.07 Å². The lowest BCUT2D eigenvalue weighted by atomic mass is 10.5. The van der Waals surface area contributed by atoms with Gasteiger partial charge in [-0.2, -0.15) is 0 Å². The number of rotatable bonds is 2. The van der Waals surface area contributed by atoms with Crippen LogP contribution in [0.15, 0.2) is 30.6 Å². The Hall–Kier alpha value is -0.980. The largest absolute Gasteiger partial charge is 0.748 e. The Kier molecular flexibility index (Phi) is 6.03. The molecule has 0 aromatic carbocycles. The summed E-state index contributed by atoms with van der Waals surface area (Å²) in [6, 6.07) is 5.86. The minimum absolute atomic E-state index is 0.591. The van der Waals surface area contributed by atoms with Crippen molar-refractivity contribution in [3.8, 4) is 0 Å². The molecule has 1 aromatic rings. The lowest BCUT2D eigenvalue weighted by Gasteiger charge is -2.00. The van der Waals surface area contributed by atoms with E-state index in [-0.39, 0.29) is 0 Å². The molecule has 1 heterocycles. The molecule has 6 heteroatoms. The summed E-state index contributed by atoms with van der Waals surface area (Å²) in [7, 11) is -4.17. The summed E-state index contributed by atoms with van der Waals surface area (Å²) in [5, 5.41) is 7.82. The average Bonchev–Trinajstić information content (AvgIpc) is 2.06. The van der Waals surface area contributed by atoms with E-state index < -0.39 is 22.5 Å². The highest BCUT2D eigenvalue weighted by Gasteiger charge is 1.88. The number of aromatic amines is 1. The van der Waals surface area contributed by atoms with E-state index >= 15 is 0 Å². The predicted octanol–water partition coefficient (Wildman–Crippen LogP) is -0.975. The number of aromatic nitrogens is 1. The van der Waals surface area contributed by atoms with Gasteiger partial charge in [0.05, 0.1) is 22.5 Å². The molecule has 1 aromatic heterocycles. The van der Waals surface area contributed by atoms with Crippen molar-refractivity contribution in [1.29, 1.82) is 0 Å². The molecule has 0 saturated heterocycles. The zero-order chi connectivity index (χ0) is 10.2. The van der Waals surface area contributed by atoms with Gasteiger partial charge in [-0.05, 0) is 0 Å². The lowest BCUT2D eigenvalue weighted by molar-refractivity contribution is -0.377. The highest BCUT2D eigenvalue weighted by molar-refractivity contribution is 7.85. The van der Waals surface area contributed by atoms with Crippen LogP contribution in [0.3, 0.4) is 0 Å². The third-order valence-corrected chi connectivity index (χ3v) is 1.63. The normalized spacial score (nSPS) is 10.0. The number of pyridine rings is 1. The van der Waals surface area contributed by atoms with Crippen molar-refractivity contribution >= 4 is 10.1 Å². The fraction of sp³-hybridized carbons (Fsp3) is 0.286. The molecule has 74 valence electrons. The van der Waals surface area contributed by atoms with Crippen LogP contribution in [-0.4, -0.2) is 30.4 Å². The molecule has 0 unspecified atom stereocenters. The van der Waals surface area contributed by atoms with Gasteiger partial charge in [0.2, 0.25) is 0 Å². The van der Waals surface area contributed by atoms with Crippen LogP contribution in [0.4, 0.5) is 0 Å². The molecule has 0 radical (unpaired) electrons. The second-order valence-electron chi connectivity index (χ2n) is 2.06. The summed E-state index contributed by atoms with van der Waals surface area (Å²) in [5.41, 5.74) is 0. The first-order chi connectivity index (χ1) is 6.06. The van der Waals surface area contributed by atoms with Crippen LogP contribution in [0.2, 0.25) is 0 Å². The van der Waals surface area contributed by atoms with Crippen LogP contribution in [0.1, 0.15) is 0 Å². The number of aliphatic hydroxyl groups is 1. The number of nitrogens with one attached hydrogen (secondary N) is 1. The van der Waals surface area contributed by atoms with Crippen LogP contribution in [0.5, 0.6) is 0 Å².